The molecule has 1 aliphatic carbocycles. The van der Waals surface area contributed by atoms with Crippen molar-refractivity contribution in [1.29, 1.82) is 0 Å². The standard InChI is InChI=1S/C17H24FNO2/c1-4-21-16(20)17(8-6-5-7-13(17)3)19-15-10-12(2)9-14(18)11-15/h9-11,13,19H,4-8H2,1-3H3. The van der Waals surface area contributed by atoms with Crippen LogP contribution < -0.4 is 5.32 Å². The Morgan fingerprint density at radius 2 is 2.19 bits per heavy atom. The minimum atomic E-state index is -0.742. The highest BCUT2D eigenvalue weighted by molar-refractivity contribution is 5.85. The fourth-order valence-electron chi connectivity index (χ4n) is 3.21. The molecule has 21 heavy (non-hydrogen) atoms. The number of anilines is 1. The van der Waals surface area contributed by atoms with Crippen molar-refractivity contribution < 1.29 is 13.9 Å². The number of halogens is 1. The third kappa shape index (κ3) is 3.36. The summed E-state index contributed by atoms with van der Waals surface area (Å²) in [5.41, 5.74) is 0.739. The Kier molecular flexibility index (Phi) is 4.86. The van der Waals surface area contributed by atoms with E-state index in [0.29, 0.717) is 12.3 Å². The first kappa shape index (κ1) is 15.8. The van der Waals surface area contributed by atoms with Crippen LogP contribution in [-0.4, -0.2) is 18.1 Å². The van der Waals surface area contributed by atoms with Crippen LogP contribution in [0.4, 0.5) is 10.1 Å². The van der Waals surface area contributed by atoms with Crippen molar-refractivity contribution in [3.63, 3.8) is 0 Å². The molecule has 0 radical (unpaired) electrons. The van der Waals surface area contributed by atoms with Gasteiger partial charge in [-0.05, 0) is 56.4 Å². The van der Waals surface area contributed by atoms with E-state index in [9.17, 15) is 9.18 Å². The van der Waals surface area contributed by atoms with Gasteiger partial charge in [0.25, 0.3) is 0 Å². The molecule has 1 aliphatic rings. The molecule has 1 aromatic rings. The highest BCUT2D eigenvalue weighted by atomic mass is 19.1. The average Bonchev–Trinajstić information content (AvgIpc) is 2.40. The second kappa shape index (κ2) is 6.46. The lowest BCUT2D eigenvalue weighted by atomic mass is 9.73. The molecule has 3 nitrogen and oxygen atoms in total. The number of carbonyl (C=O) groups is 1. The fraction of sp³-hybridized carbons (Fsp3) is 0.588. The van der Waals surface area contributed by atoms with Crippen LogP contribution in [0.15, 0.2) is 18.2 Å². The number of esters is 1. The lowest BCUT2D eigenvalue weighted by Crippen LogP contribution is -2.54. The van der Waals surface area contributed by atoms with Crippen molar-refractivity contribution in [1.82, 2.24) is 0 Å². The van der Waals surface area contributed by atoms with Gasteiger partial charge >= 0.3 is 5.97 Å². The van der Waals surface area contributed by atoms with E-state index in [-0.39, 0.29) is 17.7 Å². The van der Waals surface area contributed by atoms with Gasteiger partial charge in [0.15, 0.2) is 0 Å². The van der Waals surface area contributed by atoms with Crippen LogP contribution in [0.1, 0.15) is 45.1 Å². The summed E-state index contributed by atoms with van der Waals surface area (Å²) in [4.78, 5) is 12.5. The van der Waals surface area contributed by atoms with Crippen molar-refractivity contribution >= 4 is 11.7 Å². The molecular formula is C17H24FNO2. The van der Waals surface area contributed by atoms with Gasteiger partial charge in [0, 0.05) is 5.69 Å². The minimum absolute atomic E-state index is 0.161. The number of benzene rings is 1. The summed E-state index contributed by atoms with van der Waals surface area (Å²) in [5, 5.41) is 3.30. The molecule has 0 amide bonds. The molecule has 0 spiro atoms. The van der Waals surface area contributed by atoms with Crippen LogP contribution in [0.2, 0.25) is 0 Å². The van der Waals surface area contributed by atoms with Gasteiger partial charge in [-0.15, -0.1) is 0 Å². The topological polar surface area (TPSA) is 38.3 Å². The van der Waals surface area contributed by atoms with E-state index >= 15 is 0 Å². The number of hydrogen-bond donors (Lipinski definition) is 1. The Morgan fingerprint density at radius 3 is 2.81 bits per heavy atom. The molecule has 0 aromatic heterocycles. The van der Waals surface area contributed by atoms with Gasteiger partial charge in [-0.3, -0.25) is 0 Å². The van der Waals surface area contributed by atoms with E-state index in [1.165, 1.54) is 12.1 Å². The van der Waals surface area contributed by atoms with Crippen molar-refractivity contribution in [3.8, 4) is 0 Å². The molecular weight excluding hydrogens is 269 g/mol. The Bertz CT molecular complexity index is 497. The van der Waals surface area contributed by atoms with Crippen molar-refractivity contribution in [2.45, 2.75) is 52.0 Å². The Hall–Kier alpha value is -1.58. The van der Waals surface area contributed by atoms with E-state index in [2.05, 4.69) is 12.2 Å². The zero-order valence-corrected chi connectivity index (χ0v) is 13.0. The Balaban J connectivity index is 2.33. The second-order valence-corrected chi connectivity index (χ2v) is 5.98. The van der Waals surface area contributed by atoms with E-state index in [0.717, 1.165) is 31.2 Å². The zero-order valence-electron chi connectivity index (χ0n) is 13.0. The van der Waals surface area contributed by atoms with Crippen molar-refractivity contribution in [3.05, 3.63) is 29.6 Å². The summed E-state index contributed by atoms with van der Waals surface area (Å²) < 4.78 is 18.9. The minimum Gasteiger partial charge on any atom is -0.464 e. The summed E-state index contributed by atoms with van der Waals surface area (Å²) in [7, 11) is 0. The Labute approximate surface area is 125 Å². The lowest BCUT2D eigenvalue weighted by molar-refractivity contribution is -0.151. The quantitative estimate of drug-likeness (QED) is 0.851. The highest BCUT2D eigenvalue weighted by Gasteiger charge is 2.46. The normalized spacial score (nSPS) is 25.4. The number of ether oxygens (including phenoxy) is 1. The summed E-state index contributed by atoms with van der Waals surface area (Å²) in [6, 6.07) is 4.78. The molecule has 1 aromatic carbocycles. The molecule has 1 saturated carbocycles. The number of aryl methyl sites for hydroxylation is 1. The molecule has 0 saturated heterocycles. The number of nitrogens with one attached hydrogen (secondary N) is 1. The van der Waals surface area contributed by atoms with Gasteiger partial charge in [0.2, 0.25) is 0 Å². The third-order valence-electron chi connectivity index (χ3n) is 4.35. The second-order valence-electron chi connectivity index (χ2n) is 5.98. The van der Waals surface area contributed by atoms with Gasteiger partial charge in [0.1, 0.15) is 11.4 Å². The van der Waals surface area contributed by atoms with Crippen LogP contribution in [0.3, 0.4) is 0 Å². The van der Waals surface area contributed by atoms with Gasteiger partial charge in [-0.2, -0.15) is 0 Å². The molecule has 0 bridgehead atoms. The molecule has 1 fully saturated rings. The summed E-state index contributed by atoms with van der Waals surface area (Å²) in [5.74, 6) is -0.354. The number of hydrogen-bond acceptors (Lipinski definition) is 3. The summed E-state index contributed by atoms with van der Waals surface area (Å²) >= 11 is 0. The van der Waals surface area contributed by atoms with E-state index in [1.807, 2.05) is 19.9 Å². The largest absolute Gasteiger partial charge is 0.464 e. The van der Waals surface area contributed by atoms with Gasteiger partial charge in [-0.25, -0.2) is 9.18 Å². The van der Waals surface area contributed by atoms with Crippen LogP contribution in [-0.2, 0) is 9.53 Å². The van der Waals surface area contributed by atoms with Crippen LogP contribution in [0.25, 0.3) is 0 Å². The highest BCUT2D eigenvalue weighted by Crippen LogP contribution is 2.37. The van der Waals surface area contributed by atoms with E-state index in [4.69, 9.17) is 4.74 Å². The van der Waals surface area contributed by atoms with Gasteiger partial charge in [0.05, 0.1) is 6.61 Å². The van der Waals surface area contributed by atoms with Crippen LogP contribution in [0.5, 0.6) is 0 Å². The molecule has 2 atom stereocenters. The first-order chi connectivity index (χ1) is 9.98. The average molecular weight is 293 g/mol. The first-order valence-corrected chi connectivity index (χ1v) is 7.70. The van der Waals surface area contributed by atoms with Crippen LogP contribution >= 0.6 is 0 Å². The monoisotopic (exact) mass is 293 g/mol. The van der Waals surface area contributed by atoms with Gasteiger partial charge in [-0.1, -0.05) is 19.8 Å². The maximum absolute atomic E-state index is 13.6. The molecule has 2 unspecified atom stereocenters. The molecule has 4 heteroatoms. The lowest BCUT2D eigenvalue weighted by Gasteiger charge is -2.41. The summed E-state index contributed by atoms with van der Waals surface area (Å²) in [6.45, 7) is 6.08. The fourth-order valence-corrected chi connectivity index (χ4v) is 3.21. The van der Waals surface area contributed by atoms with Crippen molar-refractivity contribution in [2.75, 3.05) is 11.9 Å². The molecule has 0 heterocycles. The third-order valence-corrected chi connectivity index (χ3v) is 4.35. The number of carbonyl (C=O) groups excluding carboxylic acids is 1. The first-order valence-electron chi connectivity index (χ1n) is 7.70. The maximum Gasteiger partial charge on any atom is 0.332 e. The zero-order chi connectivity index (χ0) is 15.5. The molecule has 0 aliphatic heterocycles. The van der Waals surface area contributed by atoms with Crippen LogP contribution in [0, 0.1) is 18.7 Å². The Morgan fingerprint density at radius 1 is 1.43 bits per heavy atom. The van der Waals surface area contributed by atoms with Crippen molar-refractivity contribution in [2.24, 2.45) is 5.92 Å². The number of rotatable bonds is 4. The predicted octanol–water partition coefficient (Wildman–Crippen LogP) is 4.06. The molecule has 2 rings (SSSR count). The molecule has 1 N–H and O–H groups in total. The summed E-state index contributed by atoms with van der Waals surface area (Å²) in [6.07, 6.45) is 3.79. The SMILES string of the molecule is CCOC(=O)C1(Nc2cc(C)cc(F)c2)CCCCC1C. The van der Waals surface area contributed by atoms with E-state index in [1.54, 1.807) is 0 Å². The smallest absolute Gasteiger partial charge is 0.332 e. The van der Waals surface area contributed by atoms with Gasteiger partial charge < -0.3 is 10.1 Å². The predicted molar refractivity (Wildman–Crippen MR) is 81.8 cm³/mol. The molecule has 116 valence electrons. The maximum atomic E-state index is 13.6. The van der Waals surface area contributed by atoms with E-state index < -0.39 is 5.54 Å².